The summed E-state index contributed by atoms with van der Waals surface area (Å²) in [4.78, 5) is 16.1. The second kappa shape index (κ2) is 5.48. The molecule has 0 spiro atoms. The van der Waals surface area contributed by atoms with E-state index in [0.29, 0.717) is 12.1 Å². The molecule has 0 unspecified atom stereocenters. The number of pyridine rings is 1. The van der Waals surface area contributed by atoms with Crippen LogP contribution in [0.25, 0.3) is 0 Å². The van der Waals surface area contributed by atoms with Crippen molar-refractivity contribution in [3.8, 4) is 0 Å². The molecule has 0 radical (unpaired) electrons. The van der Waals surface area contributed by atoms with Gasteiger partial charge in [-0.15, -0.1) is 0 Å². The first kappa shape index (κ1) is 13.0. The maximum Gasteiger partial charge on any atom is 0.251 e. The topological polar surface area (TPSA) is 62.2 Å². The Hall–Kier alpha value is -1.42. The van der Waals surface area contributed by atoms with Gasteiger partial charge in [0.25, 0.3) is 5.91 Å². The van der Waals surface area contributed by atoms with E-state index in [-0.39, 0.29) is 17.9 Å². The van der Waals surface area contributed by atoms with Crippen molar-refractivity contribution in [2.24, 2.45) is 5.41 Å². The largest absolute Gasteiger partial charge is 0.396 e. The lowest BCUT2D eigenvalue weighted by atomic mass is 9.87. The van der Waals surface area contributed by atoms with Gasteiger partial charge in [-0.25, -0.2) is 0 Å². The molecule has 1 aromatic rings. The molecule has 1 saturated carbocycles. The van der Waals surface area contributed by atoms with Crippen LogP contribution < -0.4 is 5.32 Å². The van der Waals surface area contributed by atoms with Crippen LogP contribution in [-0.2, 0) is 0 Å². The summed E-state index contributed by atoms with van der Waals surface area (Å²) < 4.78 is 0. The summed E-state index contributed by atoms with van der Waals surface area (Å²) in [7, 11) is 0. The molecule has 1 aliphatic rings. The van der Waals surface area contributed by atoms with E-state index in [1.54, 1.807) is 18.3 Å². The van der Waals surface area contributed by atoms with Gasteiger partial charge < -0.3 is 10.4 Å². The van der Waals surface area contributed by atoms with Crippen LogP contribution >= 0.6 is 0 Å². The lowest BCUT2D eigenvalue weighted by molar-refractivity contribution is 0.0880. The molecule has 0 aliphatic heterocycles. The van der Waals surface area contributed by atoms with Gasteiger partial charge in [0.05, 0.1) is 6.61 Å². The zero-order valence-corrected chi connectivity index (χ0v) is 10.8. The van der Waals surface area contributed by atoms with E-state index >= 15 is 0 Å². The van der Waals surface area contributed by atoms with E-state index in [1.807, 2.05) is 6.92 Å². The molecule has 4 heteroatoms. The predicted molar refractivity (Wildman–Crippen MR) is 69.3 cm³/mol. The Morgan fingerprint density at radius 2 is 2.22 bits per heavy atom. The van der Waals surface area contributed by atoms with Crippen LogP contribution in [0, 0.1) is 12.3 Å². The van der Waals surface area contributed by atoms with Crippen molar-refractivity contribution >= 4 is 5.91 Å². The Labute approximate surface area is 107 Å². The van der Waals surface area contributed by atoms with Crippen molar-refractivity contribution in [3.05, 3.63) is 29.6 Å². The second-order valence-electron chi connectivity index (χ2n) is 5.23. The molecule has 4 nitrogen and oxygen atoms in total. The minimum absolute atomic E-state index is 0.0831. The molecular weight excluding hydrogens is 228 g/mol. The number of nitrogens with one attached hydrogen (secondary N) is 1. The number of aliphatic hydroxyl groups excluding tert-OH is 1. The average Bonchev–Trinajstić information content (AvgIpc) is 2.85. The van der Waals surface area contributed by atoms with Crippen molar-refractivity contribution in [2.45, 2.75) is 32.6 Å². The number of carbonyl (C=O) groups is 1. The molecule has 0 atom stereocenters. The first-order chi connectivity index (χ1) is 8.65. The first-order valence-electron chi connectivity index (χ1n) is 6.47. The molecule has 18 heavy (non-hydrogen) atoms. The molecule has 0 saturated heterocycles. The van der Waals surface area contributed by atoms with Crippen LogP contribution in [0.2, 0.25) is 0 Å². The van der Waals surface area contributed by atoms with Gasteiger partial charge in [-0.3, -0.25) is 9.78 Å². The van der Waals surface area contributed by atoms with E-state index in [4.69, 9.17) is 0 Å². The maximum atomic E-state index is 12.0. The monoisotopic (exact) mass is 248 g/mol. The lowest BCUT2D eigenvalue weighted by Gasteiger charge is -2.26. The summed E-state index contributed by atoms with van der Waals surface area (Å²) in [5.41, 5.74) is 1.37. The fourth-order valence-electron chi connectivity index (χ4n) is 2.57. The van der Waals surface area contributed by atoms with Crippen LogP contribution in [0.5, 0.6) is 0 Å². The van der Waals surface area contributed by atoms with Gasteiger partial charge in [0, 0.05) is 29.4 Å². The fraction of sp³-hybridized carbons (Fsp3) is 0.571. The molecule has 1 amide bonds. The second-order valence-corrected chi connectivity index (χ2v) is 5.23. The Bertz CT molecular complexity index is 426. The highest BCUT2D eigenvalue weighted by Crippen LogP contribution is 2.36. The summed E-state index contributed by atoms with van der Waals surface area (Å²) in [5, 5.41) is 12.4. The van der Waals surface area contributed by atoms with E-state index in [1.165, 1.54) is 0 Å². The van der Waals surface area contributed by atoms with Crippen molar-refractivity contribution in [3.63, 3.8) is 0 Å². The minimum Gasteiger partial charge on any atom is -0.396 e. The Kier molecular flexibility index (Phi) is 3.97. The lowest BCUT2D eigenvalue weighted by Crippen LogP contribution is -2.38. The van der Waals surface area contributed by atoms with Gasteiger partial charge in [-0.1, -0.05) is 12.8 Å². The van der Waals surface area contributed by atoms with Gasteiger partial charge in [-0.2, -0.15) is 0 Å². The highest BCUT2D eigenvalue weighted by Gasteiger charge is 2.33. The molecule has 1 heterocycles. The number of aromatic nitrogens is 1. The highest BCUT2D eigenvalue weighted by molar-refractivity contribution is 5.94. The smallest absolute Gasteiger partial charge is 0.251 e. The minimum atomic E-state index is -0.0995. The van der Waals surface area contributed by atoms with Crippen molar-refractivity contribution in [2.75, 3.05) is 13.2 Å². The van der Waals surface area contributed by atoms with Crippen LogP contribution in [0.4, 0.5) is 0 Å². The zero-order valence-electron chi connectivity index (χ0n) is 10.8. The summed E-state index contributed by atoms with van der Waals surface area (Å²) >= 11 is 0. The summed E-state index contributed by atoms with van der Waals surface area (Å²) in [6.07, 6.45) is 5.93. The quantitative estimate of drug-likeness (QED) is 0.852. The van der Waals surface area contributed by atoms with Gasteiger partial charge in [-0.05, 0) is 31.9 Å². The fourth-order valence-corrected chi connectivity index (χ4v) is 2.57. The van der Waals surface area contributed by atoms with Gasteiger partial charge >= 0.3 is 0 Å². The number of hydrogen-bond donors (Lipinski definition) is 2. The van der Waals surface area contributed by atoms with E-state index in [9.17, 15) is 9.90 Å². The number of aryl methyl sites for hydroxylation is 1. The number of hydrogen-bond acceptors (Lipinski definition) is 3. The Balaban J connectivity index is 1.96. The molecule has 0 aromatic carbocycles. The van der Waals surface area contributed by atoms with Crippen molar-refractivity contribution < 1.29 is 9.90 Å². The van der Waals surface area contributed by atoms with Gasteiger partial charge in [0.1, 0.15) is 0 Å². The van der Waals surface area contributed by atoms with Crippen molar-refractivity contribution in [1.82, 2.24) is 10.3 Å². The molecule has 1 aromatic heterocycles. The first-order valence-corrected chi connectivity index (χ1v) is 6.47. The number of rotatable bonds is 4. The SMILES string of the molecule is Cc1cc(C(=O)NCC2(CO)CCCC2)ccn1. The number of nitrogens with zero attached hydrogens (tertiary/aromatic N) is 1. The maximum absolute atomic E-state index is 12.0. The van der Waals surface area contributed by atoms with Crippen molar-refractivity contribution in [1.29, 1.82) is 0 Å². The summed E-state index contributed by atoms with van der Waals surface area (Å²) in [6, 6.07) is 3.48. The zero-order chi connectivity index (χ0) is 13.0. The van der Waals surface area contributed by atoms with Gasteiger partial charge in [0.2, 0.25) is 0 Å². The molecule has 2 rings (SSSR count). The Morgan fingerprint density at radius 1 is 1.50 bits per heavy atom. The normalized spacial score (nSPS) is 17.7. The van der Waals surface area contributed by atoms with Crippen LogP contribution in [0.3, 0.4) is 0 Å². The molecular formula is C14H20N2O2. The van der Waals surface area contributed by atoms with E-state index in [2.05, 4.69) is 10.3 Å². The predicted octanol–water partition coefficient (Wildman–Crippen LogP) is 1.67. The third kappa shape index (κ3) is 2.88. The van der Waals surface area contributed by atoms with E-state index in [0.717, 1.165) is 31.4 Å². The average molecular weight is 248 g/mol. The van der Waals surface area contributed by atoms with E-state index < -0.39 is 0 Å². The van der Waals surface area contributed by atoms with Gasteiger partial charge in [0.15, 0.2) is 0 Å². The van der Waals surface area contributed by atoms with Crippen LogP contribution in [-0.4, -0.2) is 29.1 Å². The van der Waals surface area contributed by atoms with Crippen LogP contribution in [0.15, 0.2) is 18.3 Å². The number of amides is 1. The third-order valence-electron chi connectivity index (χ3n) is 3.78. The molecule has 0 bridgehead atoms. The summed E-state index contributed by atoms with van der Waals surface area (Å²) in [6.45, 7) is 2.58. The standard InChI is InChI=1S/C14H20N2O2/c1-11-8-12(4-7-15-11)13(18)16-9-14(10-17)5-2-3-6-14/h4,7-8,17H,2-3,5-6,9-10H2,1H3,(H,16,18). The Morgan fingerprint density at radius 3 is 2.83 bits per heavy atom. The molecule has 2 N–H and O–H groups in total. The third-order valence-corrected chi connectivity index (χ3v) is 3.78. The molecule has 1 aliphatic carbocycles. The number of carbonyl (C=O) groups excluding carboxylic acids is 1. The highest BCUT2D eigenvalue weighted by atomic mass is 16.3. The summed E-state index contributed by atoms with van der Waals surface area (Å²) in [5.74, 6) is -0.0831. The van der Waals surface area contributed by atoms with Crippen LogP contribution in [0.1, 0.15) is 41.7 Å². The molecule has 1 fully saturated rings. The molecule has 98 valence electrons. The number of aliphatic hydroxyl groups is 1.